The first-order chi connectivity index (χ1) is 10.6. The van der Waals surface area contributed by atoms with Crippen LogP contribution in [0.5, 0.6) is 0 Å². The first-order valence-corrected chi connectivity index (χ1v) is 7.84. The SMILES string of the molecule is CCC(=O)Nc1ccc(C(Cl)CN(C)c2ccccc2)cc1. The van der Waals surface area contributed by atoms with Crippen molar-refractivity contribution < 1.29 is 4.79 Å². The molecule has 0 aromatic heterocycles. The maximum absolute atomic E-state index is 11.4. The lowest BCUT2D eigenvalue weighted by Gasteiger charge is -2.22. The fourth-order valence-electron chi connectivity index (χ4n) is 2.16. The Labute approximate surface area is 136 Å². The highest BCUT2D eigenvalue weighted by Crippen LogP contribution is 2.25. The number of amides is 1. The van der Waals surface area contributed by atoms with Gasteiger partial charge in [0.15, 0.2) is 0 Å². The Morgan fingerprint density at radius 3 is 2.36 bits per heavy atom. The number of rotatable bonds is 6. The minimum Gasteiger partial charge on any atom is -0.373 e. The van der Waals surface area contributed by atoms with E-state index in [2.05, 4.69) is 22.3 Å². The van der Waals surface area contributed by atoms with Crippen LogP contribution < -0.4 is 10.2 Å². The van der Waals surface area contributed by atoms with Crippen molar-refractivity contribution >= 4 is 28.9 Å². The van der Waals surface area contributed by atoms with Crippen molar-refractivity contribution in [1.82, 2.24) is 0 Å². The number of benzene rings is 2. The van der Waals surface area contributed by atoms with Gasteiger partial charge in [-0.1, -0.05) is 37.3 Å². The average molecular weight is 317 g/mol. The number of carbonyl (C=O) groups excluding carboxylic acids is 1. The van der Waals surface area contributed by atoms with Crippen LogP contribution in [0.2, 0.25) is 0 Å². The summed E-state index contributed by atoms with van der Waals surface area (Å²) in [4.78, 5) is 13.5. The zero-order valence-electron chi connectivity index (χ0n) is 12.9. The van der Waals surface area contributed by atoms with Gasteiger partial charge in [-0.25, -0.2) is 0 Å². The van der Waals surface area contributed by atoms with Gasteiger partial charge in [-0.2, -0.15) is 0 Å². The molecule has 2 rings (SSSR count). The standard InChI is InChI=1S/C18H21ClN2O/c1-3-18(22)20-15-11-9-14(10-12-15)17(19)13-21(2)16-7-5-4-6-8-16/h4-12,17H,3,13H2,1-2H3,(H,20,22). The van der Waals surface area contributed by atoms with E-state index in [-0.39, 0.29) is 11.3 Å². The van der Waals surface area contributed by atoms with Gasteiger partial charge in [0, 0.05) is 31.4 Å². The molecule has 0 spiro atoms. The molecule has 3 nitrogen and oxygen atoms in total. The zero-order chi connectivity index (χ0) is 15.9. The van der Waals surface area contributed by atoms with Crippen molar-refractivity contribution in [3.63, 3.8) is 0 Å². The summed E-state index contributed by atoms with van der Waals surface area (Å²) in [7, 11) is 2.03. The van der Waals surface area contributed by atoms with Gasteiger partial charge in [0.25, 0.3) is 0 Å². The number of hydrogen-bond donors (Lipinski definition) is 1. The summed E-state index contributed by atoms with van der Waals surface area (Å²) >= 11 is 6.51. The van der Waals surface area contributed by atoms with E-state index in [1.807, 2.05) is 56.4 Å². The molecule has 0 aliphatic rings. The molecule has 0 aliphatic heterocycles. The summed E-state index contributed by atoms with van der Waals surface area (Å²) in [5.74, 6) is 0.0129. The fraction of sp³-hybridized carbons (Fsp3) is 0.278. The number of nitrogens with one attached hydrogen (secondary N) is 1. The van der Waals surface area contributed by atoms with Gasteiger partial charge in [-0.3, -0.25) is 4.79 Å². The summed E-state index contributed by atoms with van der Waals surface area (Å²) in [6.07, 6.45) is 0.474. The van der Waals surface area contributed by atoms with Gasteiger partial charge >= 0.3 is 0 Å². The molecule has 0 bridgehead atoms. The summed E-state index contributed by atoms with van der Waals surface area (Å²) in [5.41, 5.74) is 2.98. The Kier molecular flexibility index (Phi) is 5.84. The third kappa shape index (κ3) is 4.50. The molecule has 1 unspecified atom stereocenters. The van der Waals surface area contributed by atoms with Gasteiger partial charge in [-0.15, -0.1) is 11.6 Å². The van der Waals surface area contributed by atoms with E-state index in [0.29, 0.717) is 13.0 Å². The topological polar surface area (TPSA) is 32.3 Å². The number of hydrogen-bond acceptors (Lipinski definition) is 2. The van der Waals surface area contributed by atoms with E-state index < -0.39 is 0 Å². The number of para-hydroxylation sites is 1. The minimum absolute atomic E-state index is 0.0129. The Morgan fingerprint density at radius 1 is 1.14 bits per heavy atom. The molecule has 2 aromatic carbocycles. The molecule has 4 heteroatoms. The first kappa shape index (κ1) is 16.4. The molecule has 1 amide bonds. The molecule has 0 fully saturated rings. The predicted octanol–water partition coefficient (Wildman–Crippen LogP) is 4.45. The molecular formula is C18H21ClN2O. The van der Waals surface area contributed by atoms with E-state index >= 15 is 0 Å². The van der Waals surface area contributed by atoms with Crippen LogP contribution >= 0.6 is 11.6 Å². The highest BCUT2D eigenvalue weighted by molar-refractivity contribution is 6.21. The summed E-state index contributed by atoms with van der Waals surface area (Å²) in [5, 5.41) is 2.72. The van der Waals surface area contributed by atoms with Crippen molar-refractivity contribution in [2.75, 3.05) is 23.8 Å². The van der Waals surface area contributed by atoms with Crippen LogP contribution in [0, 0.1) is 0 Å². The number of alkyl halides is 1. The largest absolute Gasteiger partial charge is 0.373 e. The average Bonchev–Trinajstić information content (AvgIpc) is 2.56. The van der Waals surface area contributed by atoms with Crippen LogP contribution in [0.15, 0.2) is 54.6 Å². The van der Waals surface area contributed by atoms with Crippen LogP contribution in [0.1, 0.15) is 24.3 Å². The second-order valence-electron chi connectivity index (χ2n) is 5.21. The molecule has 0 aliphatic carbocycles. The number of nitrogens with zero attached hydrogens (tertiary/aromatic N) is 1. The molecule has 2 aromatic rings. The molecule has 1 N–H and O–H groups in total. The molecule has 0 saturated heterocycles. The molecule has 1 atom stereocenters. The van der Waals surface area contributed by atoms with Gasteiger partial charge < -0.3 is 10.2 Å². The highest BCUT2D eigenvalue weighted by atomic mass is 35.5. The van der Waals surface area contributed by atoms with Gasteiger partial charge in [0.2, 0.25) is 5.91 Å². The maximum atomic E-state index is 11.4. The van der Waals surface area contributed by atoms with Gasteiger partial charge in [-0.05, 0) is 29.8 Å². The number of halogens is 1. The first-order valence-electron chi connectivity index (χ1n) is 7.40. The second-order valence-corrected chi connectivity index (χ2v) is 5.73. The normalized spacial score (nSPS) is 11.8. The lowest BCUT2D eigenvalue weighted by molar-refractivity contribution is -0.115. The van der Waals surface area contributed by atoms with Crippen molar-refractivity contribution in [1.29, 1.82) is 0 Å². The molecule has 22 heavy (non-hydrogen) atoms. The number of carbonyl (C=O) groups is 1. The fourth-order valence-corrected chi connectivity index (χ4v) is 2.51. The molecule has 0 radical (unpaired) electrons. The van der Waals surface area contributed by atoms with Crippen LogP contribution in [-0.4, -0.2) is 19.5 Å². The minimum atomic E-state index is -0.110. The lowest BCUT2D eigenvalue weighted by Crippen LogP contribution is -2.21. The smallest absolute Gasteiger partial charge is 0.224 e. The summed E-state index contributed by atoms with van der Waals surface area (Å²) in [6.45, 7) is 2.55. The Hall–Kier alpha value is -2.00. The van der Waals surface area contributed by atoms with Crippen molar-refractivity contribution in [2.24, 2.45) is 0 Å². The number of anilines is 2. The van der Waals surface area contributed by atoms with E-state index in [4.69, 9.17) is 11.6 Å². The van der Waals surface area contributed by atoms with Crippen molar-refractivity contribution in [3.8, 4) is 0 Å². The van der Waals surface area contributed by atoms with Gasteiger partial charge in [0.1, 0.15) is 0 Å². The number of likely N-dealkylation sites (N-methyl/N-ethyl adjacent to an activating group) is 1. The van der Waals surface area contributed by atoms with Crippen LogP contribution in [0.3, 0.4) is 0 Å². The molecule has 0 saturated carbocycles. The second kappa shape index (κ2) is 7.85. The maximum Gasteiger partial charge on any atom is 0.224 e. The van der Waals surface area contributed by atoms with Crippen molar-refractivity contribution in [2.45, 2.75) is 18.7 Å². The Bertz CT molecular complexity index is 598. The molecule has 116 valence electrons. The van der Waals surface area contributed by atoms with E-state index in [0.717, 1.165) is 16.9 Å². The van der Waals surface area contributed by atoms with Crippen molar-refractivity contribution in [3.05, 3.63) is 60.2 Å². The third-order valence-electron chi connectivity index (χ3n) is 3.51. The van der Waals surface area contributed by atoms with Crippen LogP contribution in [-0.2, 0) is 4.79 Å². The Morgan fingerprint density at radius 2 is 1.77 bits per heavy atom. The van der Waals surface area contributed by atoms with E-state index in [1.54, 1.807) is 0 Å². The quantitative estimate of drug-likeness (QED) is 0.798. The zero-order valence-corrected chi connectivity index (χ0v) is 13.7. The summed E-state index contributed by atoms with van der Waals surface area (Å²) < 4.78 is 0. The molecular weight excluding hydrogens is 296 g/mol. The third-order valence-corrected chi connectivity index (χ3v) is 3.90. The monoisotopic (exact) mass is 316 g/mol. The van der Waals surface area contributed by atoms with E-state index in [1.165, 1.54) is 0 Å². The van der Waals surface area contributed by atoms with Crippen LogP contribution in [0.4, 0.5) is 11.4 Å². The van der Waals surface area contributed by atoms with Gasteiger partial charge in [0.05, 0.1) is 5.38 Å². The Balaban J connectivity index is 1.97. The predicted molar refractivity (Wildman–Crippen MR) is 93.7 cm³/mol. The molecule has 0 heterocycles. The van der Waals surface area contributed by atoms with E-state index in [9.17, 15) is 4.79 Å². The van der Waals surface area contributed by atoms with Crippen LogP contribution in [0.25, 0.3) is 0 Å². The summed E-state index contributed by atoms with van der Waals surface area (Å²) in [6, 6.07) is 17.9. The lowest BCUT2D eigenvalue weighted by atomic mass is 10.1. The highest BCUT2D eigenvalue weighted by Gasteiger charge is 2.11.